The van der Waals surface area contributed by atoms with Gasteiger partial charge >= 0.3 is 23.9 Å². The summed E-state index contributed by atoms with van der Waals surface area (Å²) in [4.78, 5) is 57.0. The average Bonchev–Trinajstić information content (AvgIpc) is 3.43. The first-order chi connectivity index (χ1) is 36.5. The second kappa shape index (κ2) is 33.1. The normalized spacial score (nSPS) is 14.2. The summed E-state index contributed by atoms with van der Waals surface area (Å²) >= 11 is 21.2. The zero-order valence-corrected chi connectivity index (χ0v) is 44.9. The summed E-state index contributed by atoms with van der Waals surface area (Å²) in [5.41, 5.74) is 2.91. The maximum absolute atomic E-state index is 15.5. The average molecular weight is 1190 g/mol. The molecule has 5 rings (SSSR count). The molecule has 5 aromatic rings. The number of hydrogen-bond donors (Lipinski definition) is 0. The highest BCUT2D eigenvalue weighted by atomic mass is 79.9. The molecule has 0 radical (unpaired) electrons. The van der Waals surface area contributed by atoms with Crippen molar-refractivity contribution < 1.29 is 69.2 Å². The van der Waals surface area contributed by atoms with Gasteiger partial charge in [-0.25, -0.2) is 28.0 Å². The maximum atomic E-state index is 15.5. The van der Waals surface area contributed by atoms with Gasteiger partial charge in [0.2, 0.25) is 0 Å². The Morgan fingerprint density at radius 1 is 0.539 bits per heavy atom. The van der Waals surface area contributed by atoms with Gasteiger partial charge in [0.1, 0.15) is 32.3 Å². The van der Waals surface area contributed by atoms with Gasteiger partial charge in [0.05, 0.1) is 32.3 Å². The Morgan fingerprint density at radius 3 is 1.30 bits per heavy atom. The molecule has 0 fully saturated rings. The van der Waals surface area contributed by atoms with Crippen molar-refractivity contribution in [2.45, 2.75) is 40.4 Å². The van der Waals surface area contributed by atoms with Crippen LogP contribution in [0.15, 0.2) is 173 Å². The number of hydrogen-bond acceptors (Lipinski definition) is 15. The van der Waals surface area contributed by atoms with E-state index < -0.39 is 81.0 Å². The van der Waals surface area contributed by atoms with Crippen molar-refractivity contribution in [1.29, 1.82) is 0 Å². The van der Waals surface area contributed by atoms with E-state index in [9.17, 15) is 32.0 Å². The number of alkyl halides is 3. The van der Waals surface area contributed by atoms with Gasteiger partial charge < -0.3 is 28.6 Å². The van der Waals surface area contributed by atoms with E-state index in [1.165, 1.54) is 31.4 Å². The highest BCUT2D eigenvalue weighted by molar-refractivity contribution is 9.09. The largest absolute Gasteiger partial charge is 0.461 e. The maximum Gasteiger partial charge on any atom is 0.331 e. The third-order valence-electron chi connectivity index (χ3n) is 9.59. The lowest BCUT2D eigenvalue weighted by atomic mass is 10.1. The van der Waals surface area contributed by atoms with Gasteiger partial charge in [-0.15, -0.1) is 0 Å². The Hall–Kier alpha value is -7.00. The van der Waals surface area contributed by atoms with Crippen molar-refractivity contribution in [3.05, 3.63) is 195 Å². The topological polar surface area (TPSA) is 192 Å². The minimum atomic E-state index is -4.86. The fourth-order valence-corrected chi connectivity index (χ4v) is 8.54. The van der Waals surface area contributed by atoms with Crippen LogP contribution in [-0.4, -0.2) is 108 Å². The minimum Gasteiger partial charge on any atom is -0.461 e. The molecule has 0 aromatic heterocycles. The smallest absolute Gasteiger partial charge is 0.331 e. The van der Waals surface area contributed by atoms with Crippen molar-refractivity contribution in [1.82, 2.24) is 0 Å². The molecule has 400 valence electrons. The molecule has 0 N–H and O–H groups in total. The fourth-order valence-electron chi connectivity index (χ4n) is 5.96. The number of carbonyl (C=O) groups is 4. The molecule has 0 aliphatic heterocycles. The van der Waals surface area contributed by atoms with E-state index >= 15 is 4.39 Å². The lowest BCUT2D eigenvalue weighted by Gasteiger charge is -2.27. The molecule has 0 saturated carbocycles. The van der Waals surface area contributed by atoms with Gasteiger partial charge in [0.25, 0.3) is 10.1 Å². The number of ether oxygens (including phenoxy) is 4. The molecule has 5 aromatic carbocycles. The van der Waals surface area contributed by atoms with Crippen LogP contribution in [0.1, 0.15) is 22.3 Å². The summed E-state index contributed by atoms with van der Waals surface area (Å²) in [6.07, 6.45) is 2.60. The van der Waals surface area contributed by atoms with Crippen LogP contribution >= 0.6 is 50.7 Å². The molecule has 0 unspecified atom stereocenters. The van der Waals surface area contributed by atoms with Crippen molar-refractivity contribution in [3.63, 3.8) is 0 Å². The van der Waals surface area contributed by atoms with E-state index in [0.717, 1.165) is 48.7 Å². The standard InChI is InChI=1S/C30H25Cl3FNO8S.C24H23BrFNO5/c1-40-35-18-25(34)30(42-29(37)15-13-21-10-6-3-7-11-21)26(19-41-28(36)14-12-20-8-4-2-5-9-20)43-44(38,39)27-17-23(32)22(31)16-24(27)33;1-30-27-16-21(26)24(32-23(29)15-13-19-10-6-3-7-11-19)20(25)17-31-22(28)14-12-18-8-4-2-5-9-18/h2-18,25-26,30H,19H2,1H3;2-16,20-21,24H,17H2,1H3/b14-12+,15-13+,35-18?;14-12+,15-13+,27-16?/t25-,26-,30+;20-,21+,24+/m10/s1. The second-order valence-electron chi connectivity index (χ2n) is 15.1. The molecule has 0 bridgehead atoms. The van der Waals surface area contributed by atoms with Crippen LogP contribution in [0.25, 0.3) is 24.3 Å². The number of benzene rings is 5. The summed E-state index contributed by atoms with van der Waals surface area (Å²) in [6, 6.07) is 37.7. The minimum absolute atomic E-state index is 0.0390. The molecule has 0 heterocycles. The van der Waals surface area contributed by atoms with E-state index in [1.807, 2.05) is 48.5 Å². The molecular weight excluding hydrogens is 1140 g/mol. The number of carbonyl (C=O) groups excluding carboxylic acids is 4. The summed E-state index contributed by atoms with van der Waals surface area (Å²) in [7, 11) is -2.46. The lowest BCUT2D eigenvalue weighted by molar-refractivity contribution is -0.156. The Morgan fingerprint density at radius 2 is 0.895 bits per heavy atom. The third-order valence-corrected chi connectivity index (χ3v) is 12.9. The van der Waals surface area contributed by atoms with E-state index in [2.05, 4.69) is 35.9 Å². The summed E-state index contributed by atoms with van der Waals surface area (Å²) in [5.74, 6) is -3.37. The monoisotopic (exact) mass is 1190 g/mol. The van der Waals surface area contributed by atoms with Crippen molar-refractivity contribution >= 4 is 121 Å². The molecule has 6 atom stereocenters. The number of halogens is 6. The van der Waals surface area contributed by atoms with Crippen LogP contribution in [0.3, 0.4) is 0 Å². The summed E-state index contributed by atoms with van der Waals surface area (Å²) in [6.45, 7) is -1.13. The van der Waals surface area contributed by atoms with Crippen molar-refractivity contribution in [2.75, 3.05) is 27.4 Å². The van der Waals surface area contributed by atoms with Crippen LogP contribution in [0.5, 0.6) is 0 Å². The van der Waals surface area contributed by atoms with E-state index in [0.29, 0.717) is 17.3 Å². The highest BCUT2D eigenvalue weighted by Gasteiger charge is 2.39. The summed E-state index contributed by atoms with van der Waals surface area (Å²) < 4.78 is 82.9. The van der Waals surface area contributed by atoms with E-state index in [-0.39, 0.29) is 21.7 Å². The molecule has 0 spiro atoms. The molecule has 0 amide bonds. The predicted molar refractivity (Wildman–Crippen MR) is 291 cm³/mol. The Labute approximate surface area is 461 Å². The molecule has 22 heteroatoms. The molecule has 15 nitrogen and oxygen atoms in total. The number of rotatable bonds is 25. The van der Waals surface area contributed by atoms with Crippen LogP contribution < -0.4 is 0 Å². The first kappa shape index (κ1) is 61.5. The van der Waals surface area contributed by atoms with Crippen molar-refractivity contribution in [3.8, 4) is 0 Å². The van der Waals surface area contributed by atoms with Crippen LogP contribution in [0.4, 0.5) is 8.78 Å². The van der Waals surface area contributed by atoms with Gasteiger partial charge in [0, 0.05) is 24.3 Å². The Balaban J connectivity index is 0.000000346. The number of esters is 4. The van der Waals surface area contributed by atoms with E-state index in [4.69, 9.17) is 57.9 Å². The van der Waals surface area contributed by atoms with Gasteiger partial charge in [-0.05, 0) is 58.7 Å². The van der Waals surface area contributed by atoms with Gasteiger partial charge in [-0.1, -0.05) is 182 Å². The van der Waals surface area contributed by atoms with Crippen LogP contribution in [-0.2, 0) is 62.1 Å². The van der Waals surface area contributed by atoms with Gasteiger partial charge in [0.15, 0.2) is 30.7 Å². The Bertz CT molecular complexity index is 2940. The molecule has 0 aliphatic rings. The molecule has 0 aliphatic carbocycles. The van der Waals surface area contributed by atoms with Crippen LogP contribution in [0, 0.1) is 0 Å². The zero-order chi connectivity index (χ0) is 55.3. The predicted octanol–water partition coefficient (Wildman–Crippen LogP) is 11.2. The van der Waals surface area contributed by atoms with E-state index in [1.54, 1.807) is 84.9 Å². The quantitative estimate of drug-likeness (QED) is 0.00784. The lowest BCUT2D eigenvalue weighted by Crippen LogP contribution is -2.45. The molecule has 0 saturated heterocycles. The van der Waals surface area contributed by atoms with Crippen molar-refractivity contribution in [2.24, 2.45) is 10.3 Å². The second-order valence-corrected chi connectivity index (χ2v) is 19.0. The zero-order valence-electron chi connectivity index (χ0n) is 40.2. The number of oxime groups is 2. The highest BCUT2D eigenvalue weighted by Crippen LogP contribution is 2.33. The third kappa shape index (κ3) is 22.5. The molecular formula is C54H48BrCl3F2N2O13S. The van der Waals surface area contributed by atoms with Gasteiger partial charge in [-0.2, -0.15) is 8.42 Å². The Kier molecular flexibility index (Phi) is 26.8. The molecule has 76 heavy (non-hydrogen) atoms. The van der Waals surface area contributed by atoms with Gasteiger partial charge in [-0.3, -0.25) is 4.18 Å². The summed E-state index contributed by atoms with van der Waals surface area (Å²) in [5, 5.41) is 6.15. The first-order valence-corrected chi connectivity index (χ1v) is 25.8. The fraction of sp³-hybridized carbons (Fsp3) is 0.185. The first-order valence-electron chi connectivity index (χ1n) is 22.3. The van der Waals surface area contributed by atoms with Crippen LogP contribution in [0.2, 0.25) is 15.1 Å². The SMILES string of the molecule is CON=C[C@@H](F)[C@H](OC(=O)/C=C/c1ccccc1)[C@@H](Br)COC(=O)/C=C/c1ccccc1.CON=C[C@@H](F)[C@H](OC(=O)/C=C/c1ccccc1)[C@@H](COC(=O)/C=C/c1ccccc1)OS(=O)(=O)c1cc(Cl)c(Cl)cc1Cl. The number of nitrogens with zero attached hydrogens (tertiary/aromatic N) is 2.